The number of pyridine rings is 1. The lowest BCUT2D eigenvalue weighted by Crippen LogP contribution is -2.38. The molecule has 1 fully saturated rings. The van der Waals surface area contributed by atoms with Gasteiger partial charge in [0, 0.05) is 25.3 Å². The van der Waals surface area contributed by atoms with E-state index < -0.39 is 10.0 Å². The monoisotopic (exact) mass is 299 g/mol. The van der Waals surface area contributed by atoms with Crippen LogP contribution in [-0.2, 0) is 10.0 Å². The van der Waals surface area contributed by atoms with E-state index >= 15 is 0 Å². The minimum Gasteiger partial charge on any atom is -0.395 e. The Hall–Kier alpha value is -1.18. The third-order valence-electron chi connectivity index (χ3n) is 3.43. The number of anilines is 1. The van der Waals surface area contributed by atoms with Crippen LogP contribution in [0, 0.1) is 0 Å². The molecule has 1 saturated heterocycles. The highest BCUT2D eigenvalue weighted by molar-refractivity contribution is 7.89. The minimum atomic E-state index is -3.61. The average Bonchev–Trinajstić information content (AvgIpc) is 2.94. The zero-order valence-corrected chi connectivity index (χ0v) is 12.4. The number of nitrogens with zero attached hydrogens (tertiary/aromatic N) is 2. The van der Waals surface area contributed by atoms with Gasteiger partial charge < -0.3 is 10.4 Å². The van der Waals surface area contributed by atoms with Gasteiger partial charge in [0.1, 0.15) is 10.7 Å². The maximum absolute atomic E-state index is 12.7. The maximum atomic E-state index is 12.7. The fraction of sp³-hybridized carbons (Fsp3) is 0.615. The number of aliphatic hydroxyl groups excluding tert-OH is 1. The first-order valence-corrected chi connectivity index (χ1v) is 8.37. The second kappa shape index (κ2) is 6.51. The van der Waals surface area contributed by atoms with Crippen LogP contribution in [0.5, 0.6) is 0 Å². The van der Waals surface area contributed by atoms with Gasteiger partial charge in [0.15, 0.2) is 0 Å². The van der Waals surface area contributed by atoms with E-state index in [1.54, 1.807) is 18.3 Å². The molecule has 1 aromatic rings. The number of hydrogen-bond donors (Lipinski definition) is 2. The second-order valence-electron chi connectivity index (χ2n) is 4.87. The lowest BCUT2D eigenvalue weighted by Gasteiger charge is -2.23. The SMILES string of the molecule is CCCNc1ncccc1S(=O)(=O)N1CCCC1CO. The third kappa shape index (κ3) is 2.94. The summed E-state index contributed by atoms with van der Waals surface area (Å²) < 4.78 is 26.8. The van der Waals surface area contributed by atoms with Crippen molar-refractivity contribution in [1.29, 1.82) is 0 Å². The Balaban J connectivity index is 2.34. The summed E-state index contributed by atoms with van der Waals surface area (Å²) in [6.07, 6.45) is 3.94. The fourth-order valence-electron chi connectivity index (χ4n) is 2.41. The highest BCUT2D eigenvalue weighted by atomic mass is 32.2. The molecule has 0 aliphatic carbocycles. The number of rotatable bonds is 6. The number of aliphatic hydroxyl groups is 1. The number of nitrogens with one attached hydrogen (secondary N) is 1. The van der Waals surface area contributed by atoms with Crippen LogP contribution in [0.3, 0.4) is 0 Å². The predicted octanol–water partition coefficient (Wildman–Crippen LogP) is 1.05. The van der Waals surface area contributed by atoms with Crippen molar-refractivity contribution < 1.29 is 13.5 Å². The van der Waals surface area contributed by atoms with E-state index in [2.05, 4.69) is 10.3 Å². The summed E-state index contributed by atoms with van der Waals surface area (Å²) in [6.45, 7) is 2.99. The summed E-state index contributed by atoms with van der Waals surface area (Å²) in [6, 6.07) is 2.86. The molecule has 2 heterocycles. The molecule has 0 aromatic carbocycles. The Morgan fingerprint density at radius 3 is 3.05 bits per heavy atom. The number of hydrogen-bond acceptors (Lipinski definition) is 5. The van der Waals surface area contributed by atoms with Crippen molar-refractivity contribution in [2.75, 3.05) is 25.0 Å². The molecule has 0 radical (unpaired) electrons. The van der Waals surface area contributed by atoms with Crippen molar-refractivity contribution in [2.24, 2.45) is 0 Å². The molecule has 1 aliphatic heterocycles. The van der Waals surface area contributed by atoms with Gasteiger partial charge in [-0.15, -0.1) is 0 Å². The molecular weight excluding hydrogens is 278 g/mol. The summed E-state index contributed by atoms with van der Waals surface area (Å²) in [5, 5.41) is 12.4. The molecular formula is C13H21N3O3S. The maximum Gasteiger partial charge on any atom is 0.247 e. The lowest BCUT2D eigenvalue weighted by atomic mass is 10.2. The van der Waals surface area contributed by atoms with Crippen LogP contribution in [0.2, 0.25) is 0 Å². The second-order valence-corrected chi connectivity index (χ2v) is 6.73. The molecule has 20 heavy (non-hydrogen) atoms. The van der Waals surface area contributed by atoms with E-state index in [0.29, 0.717) is 25.3 Å². The summed E-state index contributed by atoms with van der Waals surface area (Å²) >= 11 is 0. The molecule has 0 saturated carbocycles. The largest absolute Gasteiger partial charge is 0.395 e. The molecule has 1 atom stereocenters. The van der Waals surface area contributed by atoms with E-state index in [4.69, 9.17) is 0 Å². The van der Waals surface area contributed by atoms with E-state index in [1.165, 1.54) is 4.31 Å². The molecule has 1 unspecified atom stereocenters. The van der Waals surface area contributed by atoms with Crippen LogP contribution in [0.25, 0.3) is 0 Å². The zero-order valence-electron chi connectivity index (χ0n) is 11.6. The van der Waals surface area contributed by atoms with Crippen molar-refractivity contribution in [3.8, 4) is 0 Å². The summed E-state index contributed by atoms with van der Waals surface area (Å²) in [5.74, 6) is 0.387. The molecule has 1 aromatic heterocycles. The predicted molar refractivity (Wildman–Crippen MR) is 77.0 cm³/mol. The van der Waals surface area contributed by atoms with Crippen molar-refractivity contribution in [1.82, 2.24) is 9.29 Å². The highest BCUT2D eigenvalue weighted by Gasteiger charge is 2.36. The third-order valence-corrected chi connectivity index (χ3v) is 5.42. The van der Waals surface area contributed by atoms with Crippen LogP contribution in [0.1, 0.15) is 26.2 Å². The first-order valence-electron chi connectivity index (χ1n) is 6.92. The van der Waals surface area contributed by atoms with Gasteiger partial charge in [-0.05, 0) is 31.4 Å². The van der Waals surface area contributed by atoms with E-state index in [1.807, 2.05) is 6.92 Å². The molecule has 1 aliphatic rings. The Kier molecular flexibility index (Phi) is 4.95. The number of aromatic nitrogens is 1. The van der Waals surface area contributed by atoms with Gasteiger partial charge in [-0.2, -0.15) is 4.31 Å². The van der Waals surface area contributed by atoms with Gasteiger partial charge in [0.25, 0.3) is 0 Å². The van der Waals surface area contributed by atoms with Gasteiger partial charge >= 0.3 is 0 Å². The van der Waals surface area contributed by atoms with E-state index in [0.717, 1.165) is 12.8 Å². The van der Waals surface area contributed by atoms with Crippen LogP contribution >= 0.6 is 0 Å². The first kappa shape index (κ1) is 15.2. The van der Waals surface area contributed by atoms with Crippen molar-refractivity contribution >= 4 is 15.8 Å². The minimum absolute atomic E-state index is 0.142. The van der Waals surface area contributed by atoms with Crippen LogP contribution in [0.4, 0.5) is 5.82 Å². The smallest absolute Gasteiger partial charge is 0.247 e. The highest BCUT2D eigenvalue weighted by Crippen LogP contribution is 2.28. The van der Waals surface area contributed by atoms with Crippen molar-refractivity contribution in [2.45, 2.75) is 37.1 Å². The Labute approximate surface area is 119 Å². The van der Waals surface area contributed by atoms with Gasteiger partial charge in [-0.1, -0.05) is 6.92 Å². The van der Waals surface area contributed by atoms with Crippen LogP contribution in [0.15, 0.2) is 23.2 Å². The number of sulfonamides is 1. The standard InChI is InChI=1S/C13H21N3O3S/c1-2-7-14-13-12(6-3-8-15-13)20(18,19)16-9-4-5-11(16)10-17/h3,6,8,11,17H,2,4-5,7,9-10H2,1H3,(H,14,15). The summed E-state index contributed by atoms with van der Waals surface area (Å²) in [5.41, 5.74) is 0. The van der Waals surface area contributed by atoms with Gasteiger partial charge in [-0.3, -0.25) is 0 Å². The Bertz CT molecular complexity index is 548. The average molecular weight is 299 g/mol. The molecule has 0 bridgehead atoms. The van der Waals surface area contributed by atoms with Crippen LogP contribution < -0.4 is 5.32 Å². The van der Waals surface area contributed by atoms with E-state index in [9.17, 15) is 13.5 Å². The summed E-state index contributed by atoms with van der Waals surface area (Å²) in [7, 11) is -3.61. The Morgan fingerprint density at radius 2 is 2.35 bits per heavy atom. The van der Waals surface area contributed by atoms with Gasteiger partial charge in [0.2, 0.25) is 10.0 Å². The molecule has 0 spiro atoms. The molecule has 2 rings (SSSR count). The lowest BCUT2D eigenvalue weighted by molar-refractivity contribution is 0.213. The molecule has 7 heteroatoms. The van der Waals surface area contributed by atoms with Gasteiger partial charge in [0.05, 0.1) is 6.61 Å². The van der Waals surface area contributed by atoms with Crippen molar-refractivity contribution in [3.63, 3.8) is 0 Å². The summed E-state index contributed by atoms with van der Waals surface area (Å²) in [4.78, 5) is 4.31. The normalized spacial score (nSPS) is 20.2. The first-order chi connectivity index (χ1) is 9.61. The molecule has 0 amide bonds. The van der Waals surface area contributed by atoms with E-state index in [-0.39, 0.29) is 17.5 Å². The van der Waals surface area contributed by atoms with Gasteiger partial charge in [-0.25, -0.2) is 13.4 Å². The molecule has 2 N–H and O–H groups in total. The quantitative estimate of drug-likeness (QED) is 0.820. The molecule has 6 nitrogen and oxygen atoms in total. The zero-order chi connectivity index (χ0) is 14.6. The van der Waals surface area contributed by atoms with Crippen LogP contribution in [-0.4, -0.2) is 48.6 Å². The Morgan fingerprint density at radius 1 is 1.55 bits per heavy atom. The topological polar surface area (TPSA) is 82.5 Å². The fourth-order valence-corrected chi connectivity index (χ4v) is 4.22. The molecule has 112 valence electrons. The van der Waals surface area contributed by atoms with Crippen molar-refractivity contribution in [3.05, 3.63) is 18.3 Å².